The summed E-state index contributed by atoms with van der Waals surface area (Å²) in [6.07, 6.45) is 1.20. The fourth-order valence-electron chi connectivity index (χ4n) is 1.09. The molecule has 2 heteroatoms. The number of hydrogen-bond acceptors (Lipinski definition) is 2. The first-order chi connectivity index (χ1) is 6.27. The van der Waals surface area contributed by atoms with Crippen LogP contribution in [0.4, 0.5) is 0 Å². The van der Waals surface area contributed by atoms with Gasteiger partial charge in [0.1, 0.15) is 0 Å². The highest BCUT2D eigenvalue weighted by Gasteiger charge is 2.04. The molecule has 0 saturated heterocycles. The Labute approximate surface area is 84.7 Å². The molecule has 0 saturated carbocycles. The van der Waals surface area contributed by atoms with Crippen LogP contribution in [0.3, 0.4) is 0 Å². The molecule has 1 atom stereocenters. The second-order valence-electron chi connectivity index (χ2n) is 3.15. The maximum atomic E-state index is 5.65. The zero-order chi connectivity index (χ0) is 9.68. The van der Waals surface area contributed by atoms with Crippen molar-refractivity contribution < 1.29 is 0 Å². The van der Waals surface area contributed by atoms with Gasteiger partial charge in [-0.2, -0.15) is 0 Å². The highest BCUT2D eigenvalue weighted by atomic mass is 32.2. The van der Waals surface area contributed by atoms with Gasteiger partial charge in [0.05, 0.1) is 0 Å². The van der Waals surface area contributed by atoms with E-state index in [-0.39, 0.29) is 0 Å². The number of hydrogen-bond donors (Lipinski definition) is 1. The van der Waals surface area contributed by atoms with Crippen LogP contribution in [0, 0.1) is 0 Å². The van der Waals surface area contributed by atoms with Crippen LogP contribution >= 0.6 is 11.8 Å². The highest BCUT2D eigenvalue weighted by Crippen LogP contribution is 2.27. The third kappa shape index (κ3) is 3.05. The zero-order valence-corrected chi connectivity index (χ0v) is 9.10. The Morgan fingerprint density at radius 3 is 2.69 bits per heavy atom. The number of nitrogens with two attached hydrogens (primary N) is 1. The van der Waals surface area contributed by atoms with Crippen molar-refractivity contribution in [1.82, 2.24) is 0 Å². The van der Waals surface area contributed by atoms with Gasteiger partial charge in [0.2, 0.25) is 0 Å². The molecule has 13 heavy (non-hydrogen) atoms. The summed E-state index contributed by atoms with van der Waals surface area (Å²) in [4.78, 5) is 1.33. The molecule has 0 aliphatic carbocycles. The summed E-state index contributed by atoms with van der Waals surface area (Å²) < 4.78 is 0. The minimum absolute atomic E-state index is 0.638. The van der Waals surface area contributed by atoms with Crippen molar-refractivity contribution in [3.05, 3.63) is 29.8 Å². The normalized spacial score (nSPS) is 12.8. The molecule has 0 spiro atoms. The summed E-state index contributed by atoms with van der Waals surface area (Å²) in [5.74, 6) is 0. The van der Waals surface area contributed by atoms with Crippen LogP contribution in [-0.4, -0.2) is 5.25 Å². The molecule has 0 aliphatic heterocycles. The van der Waals surface area contributed by atoms with Gasteiger partial charge in [-0.25, -0.2) is 0 Å². The van der Waals surface area contributed by atoms with Crippen molar-refractivity contribution in [2.24, 2.45) is 5.73 Å². The van der Waals surface area contributed by atoms with Crippen molar-refractivity contribution in [3.8, 4) is 0 Å². The molecule has 1 aromatic rings. The minimum atomic E-state index is 0.638. The van der Waals surface area contributed by atoms with Crippen LogP contribution in [0.1, 0.15) is 25.8 Å². The van der Waals surface area contributed by atoms with Crippen LogP contribution < -0.4 is 5.73 Å². The lowest BCUT2D eigenvalue weighted by atomic mass is 10.2. The summed E-state index contributed by atoms with van der Waals surface area (Å²) in [6.45, 7) is 5.10. The molecule has 72 valence electrons. The molecule has 0 aromatic heterocycles. The molecule has 0 amide bonds. The number of thioether (sulfide) groups is 1. The van der Waals surface area contributed by atoms with Crippen molar-refractivity contribution in [2.45, 2.75) is 37.0 Å². The van der Waals surface area contributed by atoms with E-state index in [0.717, 1.165) is 0 Å². The molecule has 0 radical (unpaired) electrons. The topological polar surface area (TPSA) is 26.0 Å². The molecular formula is C11H17NS. The maximum Gasteiger partial charge on any atom is 0.0189 e. The lowest BCUT2D eigenvalue weighted by molar-refractivity contribution is 0.902. The molecule has 1 nitrogen and oxygen atoms in total. The van der Waals surface area contributed by atoms with Crippen molar-refractivity contribution in [1.29, 1.82) is 0 Å². The predicted molar refractivity (Wildman–Crippen MR) is 59.9 cm³/mol. The van der Waals surface area contributed by atoms with E-state index < -0.39 is 0 Å². The monoisotopic (exact) mass is 195 g/mol. The Hall–Kier alpha value is -0.470. The van der Waals surface area contributed by atoms with E-state index in [4.69, 9.17) is 5.73 Å². The molecule has 0 heterocycles. The Morgan fingerprint density at radius 2 is 2.08 bits per heavy atom. The fraction of sp³-hybridized carbons (Fsp3) is 0.455. The zero-order valence-electron chi connectivity index (χ0n) is 8.29. The van der Waals surface area contributed by atoms with Gasteiger partial charge in [0.25, 0.3) is 0 Å². The molecule has 1 unspecified atom stereocenters. The van der Waals surface area contributed by atoms with Gasteiger partial charge >= 0.3 is 0 Å². The first kappa shape index (κ1) is 10.6. The van der Waals surface area contributed by atoms with Crippen LogP contribution in [0.2, 0.25) is 0 Å². The van der Waals surface area contributed by atoms with Gasteiger partial charge in [-0.3, -0.25) is 0 Å². The fourth-order valence-corrected chi connectivity index (χ4v) is 2.15. The lowest BCUT2D eigenvalue weighted by Gasteiger charge is -2.11. The Bertz CT molecular complexity index is 260. The second kappa shape index (κ2) is 5.30. The highest BCUT2D eigenvalue weighted by molar-refractivity contribution is 8.00. The van der Waals surface area contributed by atoms with E-state index in [9.17, 15) is 0 Å². The van der Waals surface area contributed by atoms with E-state index in [1.807, 2.05) is 17.8 Å². The van der Waals surface area contributed by atoms with Crippen LogP contribution in [0.5, 0.6) is 0 Å². The third-order valence-electron chi connectivity index (χ3n) is 2.10. The molecule has 2 N–H and O–H groups in total. The standard InChI is InChI=1S/C11H17NS/c1-3-9(2)13-11-7-5-4-6-10(11)8-12/h4-7,9H,3,8,12H2,1-2H3. The van der Waals surface area contributed by atoms with Gasteiger partial charge in [-0.05, 0) is 18.1 Å². The van der Waals surface area contributed by atoms with Crippen molar-refractivity contribution in [3.63, 3.8) is 0 Å². The second-order valence-corrected chi connectivity index (χ2v) is 4.63. The first-order valence-corrected chi connectivity index (χ1v) is 5.60. The first-order valence-electron chi connectivity index (χ1n) is 4.72. The Balaban J connectivity index is 2.74. The largest absolute Gasteiger partial charge is 0.326 e. The number of benzene rings is 1. The summed E-state index contributed by atoms with van der Waals surface area (Å²) in [5, 5.41) is 0.674. The summed E-state index contributed by atoms with van der Waals surface area (Å²) >= 11 is 1.91. The Morgan fingerprint density at radius 1 is 1.38 bits per heavy atom. The van der Waals surface area contributed by atoms with E-state index in [2.05, 4.69) is 32.0 Å². The quantitative estimate of drug-likeness (QED) is 0.747. The summed E-state index contributed by atoms with van der Waals surface area (Å²) in [7, 11) is 0. The molecule has 1 rings (SSSR count). The van der Waals surface area contributed by atoms with E-state index in [1.165, 1.54) is 16.9 Å². The van der Waals surface area contributed by atoms with E-state index in [0.29, 0.717) is 11.8 Å². The molecule has 0 aliphatic rings. The molecule has 0 bridgehead atoms. The van der Waals surface area contributed by atoms with Crippen LogP contribution in [0.25, 0.3) is 0 Å². The molecule has 0 fully saturated rings. The predicted octanol–water partition coefficient (Wildman–Crippen LogP) is 3.04. The SMILES string of the molecule is CCC(C)Sc1ccccc1CN. The van der Waals surface area contributed by atoms with Gasteiger partial charge < -0.3 is 5.73 Å². The average molecular weight is 195 g/mol. The van der Waals surface area contributed by atoms with E-state index in [1.54, 1.807) is 0 Å². The Kier molecular flexibility index (Phi) is 4.33. The molecule has 1 aromatic carbocycles. The van der Waals surface area contributed by atoms with Gasteiger partial charge in [-0.1, -0.05) is 32.0 Å². The van der Waals surface area contributed by atoms with Gasteiger partial charge in [0, 0.05) is 16.7 Å². The van der Waals surface area contributed by atoms with Gasteiger partial charge in [0.15, 0.2) is 0 Å². The maximum absolute atomic E-state index is 5.65. The van der Waals surface area contributed by atoms with E-state index >= 15 is 0 Å². The van der Waals surface area contributed by atoms with Gasteiger partial charge in [-0.15, -0.1) is 11.8 Å². The van der Waals surface area contributed by atoms with Crippen LogP contribution in [0.15, 0.2) is 29.2 Å². The smallest absolute Gasteiger partial charge is 0.0189 e. The number of rotatable bonds is 4. The summed E-state index contributed by atoms with van der Waals surface area (Å²) in [5.41, 5.74) is 6.91. The lowest BCUT2D eigenvalue weighted by Crippen LogP contribution is -2.00. The minimum Gasteiger partial charge on any atom is -0.326 e. The van der Waals surface area contributed by atoms with Crippen LogP contribution in [-0.2, 0) is 6.54 Å². The summed E-state index contributed by atoms with van der Waals surface area (Å²) in [6, 6.07) is 8.37. The van der Waals surface area contributed by atoms with Crippen molar-refractivity contribution >= 4 is 11.8 Å². The van der Waals surface area contributed by atoms with Crippen molar-refractivity contribution in [2.75, 3.05) is 0 Å². The third-order valence-corrected chi connectivity index (χ3v) is 3.48. The average Bonchev–Trinajstić information content (AvgIpc) is 2.18. The molecular weight excluding hydrogens is 178 g/mol.